The van der Waals surface area contributed by atoms with Crippen LogP contribution in [0.1, 0.15) is 10.6 Å². The highest BCUT2D eigenvalue weighted by atomic mass is 32.1. The predicted molar refractivity (Wildman–Crippen MR) is 79.2 cm³/mol. The molecule has 0 aliphatic heterocycles. The molecule has 20 heavy (non-hydrogen) atoms. The van der Waals surface area contributed by atoms with Crippen molar-refractivity contribution in [3.63, 3.8) is 0 Å². The van der Waals surface area contributed by atoms with E-state index in [1.54, 1.807) is 18.6 Å². The van der Waals surface area contributed by atoms with Gasteiger partial charge in [0.15, 0.2) is 0 Å². The number of fused-ring (bicyclic) bond motifs is 1. The molecule has 0 fully saturated rings. The quantitative estimate of drug-likeness (QED) is 0.569. The number of amidine groups is 1. The molecule has 3 aromatic rings. The van der Waals surface area contributed by atoms with E-state index in [9.17, 15) is 0 Å². The minimum absolute atomic E-state index is 0.0910. The first-order chi connectivity index (χ1) is 9.72. The van der Waals surface area contributed by atoms with E-state index >= 15 is 0 Å². The van der Waals surface area contributed by atoms with Crippen molar-refractivity contribution in [3.8, 4) is 5.75 Å². The van der Waals surface area contributed by atoms with E-state index in [4.69, 9.17) is 15.9 Å². The zero-order valence-electron chi connectivity index (χ0n) is 10.5. The highest BCUT2D eigenvalue weighted by Gasteiger charge is 2.05. The lowest BCUT2D eigenvalue weighted by atomic mass is 10.2. The van der Waals surface area contributed by atoms with Crippen LogP contribution in [0, 0.1) is 5.41 Å². The number of nitrogens with zero attached hydrogens (tertiary/aromatic N) is 2. The number of ether oxygens (including phenoxy) is 1. The Hall–Kier alpha value is -2.47. The van der Waals surface area contributed by atoms with Gasteiger partial charge >= 0.3 is 0 Å². The van der Waals surface area contributed by atoms with Crippen molar-refractivity contribution in [2.45, 2.75) is 6.61 Å². The van der Waals surface area contributed by atoms with Gasteiger partial charge in [0.2, 0.25) is 0 Å². The van der Waals surface area contributed by atoms with Crippen LogP contribution in [-0.4, -0.2) is 15.8 Å². The molecule has 0 amide bonds. The number of nitrogens with one attached hydrogen (secondary N) is 1. The molecule has 2 heterocycles. The van der Waals surface area contributed by atoms with E-state index in [0.29, 0.717) is 6.61 Å². The summed E-state index contributed by atoms with van der Waals surface area (Å²) in [6.45, 7) is 0.379. The second-order valence-corrected chi connectivity index (χ2v) is 5.29. The first-order valence-corrected chi connectivity index (χ1v) is 6.80. The van der Waals surface area contributed by atoms with E-state index < -0.39 is 0 Å². The molecule has 3 rings (SSSR count). The van der Waals surface area contributed by atoms with Crippen molar-refractivity contribution in [1.82, 2.24) is 9.97 Å². The maximum atomic E-state index is 7.46. The molecule has 5 nitrogen and oxygen atoms in total. The Labute approximate surface area is 119 Å². The van der Waals surface area contributed by atoms with Gasteiger partial charge in [-0.15, -0.1) is 11.3 Å². The first kappa shape index (κ1) is 12.6. The number of hydrogen-bond donors (Lipinski definition) is 2. The maximum Gasteiger partial charge on any atom is 0.133 e. The average molecular weight is 284 g/mol. The maximum absolute atomic E-state index is 7.46. The Morgan fingerprint density at radius 1 is 1.30 bits per heavy atom. The van der Waals surface area contributed by atoms with Crippen molar-refractivity contribution in [3.05, 3.63) is 53.4 Å². The molecule has 1 aromatic carbocycles. The second kappa shape index (κ2) is 5.26. The Morgan fingerprint density at radius 3 is 2.95 bits per heavy atom. The highest BCUT2D eigenvalue weighted by molar-refractivity contribution is 7.20. The molecular formula is C14H12N4OS. The molecule has 0 aliphatic carbocycles. The SMILES string of the molecule is N=C(N)c1cc2ccc(OCc3cnccn3)cc2s1. The third-order valence-electron chi connectivity index (χ3n) is 2.76. The van der Waals surface area contributed by atoms with Crippen LogP contribution in [0.5, 0.6) is 5.75 Å². The Kier molecular flexibility index (Phi) is 3.30. The summed E-state index contributed by atoms with van der Waals surface area (Å²) in [6, 6.07) is 7.72. The van der Waals surface area contributed by atoms with E-state index in [1.807, 2.05) is 24.3 Å². The fourth-order valence-electron chi connectivity index (χ4n) is 1.80. The number of thiophene rings is 1. The summed E-state index contributed by atoms with van der Waals surface area (Å²) in [6.07, 6.45) is 4.95. The molecule has 0 spiro atoms. The number of nitrogens with two attached hydrogens (primary N) is 1. The lowest BCUT2D eigenvalue weighted by molar-refractivity contribution is 0.301. The second-order valence-electron chi connectivity index (χ2n) is 4.21. The third-order valence-corrected chi connectivity index (χ3v) is 3.89. The lowest BCUT2D eigenvalue weighted by Crippen LogP contribution is -2.08. The van der Waals surface area contributed by atoms with Gasteiger partial charge in [0.05, 0.1) is 16.8 Å². The largest absolute Gasteiger partial charge is 0.487 e. The average Bonchev–Trinajstić information content (AvgIpc) is 2.89. The zero-order valence-corrected chi connectivity index (χ0v) is 11.4. The van der Waals surface area contributed by atoms with Crippen LogP contribution < -0.4 is 10.5 Å². The summed E-state index contributed by atoms with van der Waals surface area (Å²) in [5.41, 5.74) is 6.28. The third kappa shape index (κ3) is 2.60. The summed E-state index contributed by atoms with van der Waals surface area (Å²) in [7, 11) is 0. The van der Waals surface area contributed by atoms with E-state index in [2.05, 4.69) is 9.97 Å². The van der Waals surface area contributed by atoms with Crippen molar-refractivity contribution >= 4 is 27.3 Å². The molecule has 100 valence electrons. The zero-order chi connectivity index (χ0) is 13.9. The molecule has 0 bridgehead atoms. The highest BCUT2D eigenvalue weighted by Crippen LogP contribution is 2.29. The number of aromatic nitrogens is 2. The summed E-state index contributed by atoms with van der Waals surface area (Å²) >= 11 is 1.48. The van der Waals surface area contributed by atoms with Gasteiger partial charge in [0, 0.05) is 17.1 Å². The van der Waals surface area contributed by atoms with Gasteiger partial charge in [-0.2, -0.15) is 0 Å². The predicted octanol–water partition coefficient (Wildman–Crippen LogP) is 2.55. The van der Waals surface area contributed by atoms with Crippen LogP contribution >= 0.6 is 11.3 Å². The van der Waals surface area contributed by atoms with Gasteiger partial charge in [-0.1, -0.05) is 0 Å². The monoisotopic (exact) mass is 284 g/mol. The molecule has 0 unspecified atom stereocenters. The topological polar surface area (TPSA) is 84.9 Å². The normalized spacial score (nSPS) is 10.6. The molecule has 3 N–H and O–H groups in total. The summed E-state index contributed by atoms with van der Waals surface area (Å²) in [4.78, 5) is 8.92. The van der Waals surface area contributed by atoms with Crippen molar-refractivity contribution in [2.75, 3.05) is 0 Å². The number of rotatable bonds is 4. The van der Waals surface area contributed by atoms with Crippen LogP contribution in [-0.2, 0) is 6.61 Å². The van der Waals surface area contributed by atoms with Gasteiger partial charge in [0.25, 0.3) is 0 Å². The van der Waals surface area contributed by atoms with Crippen LogP contribution in [0.15, 0.2) is 42.9 Å². The van der Waals surface area contributed by atoms with Gasteiger partial charge in [0.1, 0.15) is 18.2 Å². The fraction of sp³-hybridized carbons (Fsp3) is 0.0714. The van der Waals surface area contributed by atoms with Crippen LogP contribution in [0.3, 0.4) is 0 Å². The summed E-state index contributed by atoms with van der Waals surface area (Å²) in [5, 5.41) is 8.52. The minimum atomic E-state index is 0.0910. The Morgan fingerprint density at radius 2 is 2.20 bits per heavy atom. The Balaban J connectivity index is 1.80. The van der Waals surface area contributed by atoms with E-state index in [1.165, 1.54) is 11.3 Å². The van der Waals surface area contributed by atoms with Crippen molar-refractivity contribution in [2.24, 2.45) is 5.73 Å². The Bertz CT molecular complexity index is 754. The molecule has 0 aliphatic rings. The van der Waals surface area contributed by atoms with Gasteiger partial charge in [-0.3, -0.25) is 15.4 Å². The van der Waals surface area contributed by atoms with E-state index in [-0.39, 0.29) is 5.84 Å². The molecule has 6 heteroatoms. The standard InChI is InChI=1S/C14H12N4OS/c15-14(16)13-5-9-1-2-11(6-12(9)20-13)19-8-10-7-17-3-4-18-10/h1-7H,8H2,(H3,15,16). The van der Waals surface area contributed by atoms with Crippen LogP contribution in [0.4, 0.5) is 0 Å². The first-order valence-electron chi connectivity index (χ1n) is 5.98. The lowest BCUT2D eigenvalue weighted by Gasteiger charge is -2.05. The molecule has 0 saturated carbocycles. The summed E-state index contributed by atoms with van der Waals surface area (Å²) in [5.74, 6) is 0.855. The van der Waals surface area contributed by atoms with Crippen molar-refractivity contribution < 1.29 is 4.74 Å². The van der Waals surface area contributed by atoms with Gasteiger partial charge < -0.3 is 10.5 Å². The van der Waals surface area contributed by atoms with Gasteiger partial charge in [-0.25, -0.2) is 0 Å². The molecular weight excluding hydrogens is 272 g/mol. The molecule has 0 radical (unpaired) electrons. The number of hydrogen-bond acceptors (Lipinski definition) is 5. The van der Waals surface area contributed by atoms with Crippen LogP contribution in [0.2, 0.25) is 0 Å². The fourth-order valence-corrected chi connectivity index (χ4v) is 2.75. The minimum Gasteiger partial charge on any atom is -0.487 e. The van der Waals surface area contributed by atoms with Gasteiger partial charge in [-0.05, 0) is 29.7 Å². The number of nitrogen functional groups attached to an aromatic ring is 1. The van der Waals surface area contributed by atoms with E-state index in [0.717, 1.165) is 26.4 Å². The molecule has 2 aromatic heterocycles. The van der Waals surface area contributed by atoms with Crippen molar-refractivity contribution in [1.29, 1.82) is 5.41 Å². The molecule has 0 atom stereocenters. The smallest absolute Gasteiger partial charge is 0.133 e. The summed E-state index contributed by atoms with van der Waals surface area (Å²) < 4.78 is 6.74. The van der Waals surface area contributed by atoms with Crippen LogP contribution in [0.25, 0.3) is 10.1 Å². The molecule has 0 saturated heterocycles. The number of benzene rings is 1.